The second-order valence-electron chi connectivity index (χ2n) is 4.97. The normalized spacial score (nSPS) is 21.8. The molecule has 1 unspecified atom stereocenters. The number of nitrogens with zero attached hydrogens (tertiary/aromatic N) is 1. The molecule has 1 saturated heterocycles. The van der Waals surface area contributed by atoms with Crippen LogP contribution in [0.5, 0.6) is 0 Å². The number of nitrogens with one attached hydrogen (secondary N) is 1. The number of carboxylic acids is 1. The minimum absolute atomic E-state index is 0.00708. The first-order chi connectivity index (χ1) is 10.3. The van der Waals surface area contributed by atoms with Crippen LogP contribution in [0.2, 0.25) is 0 Å². The number of carboxylic acid groups (broad SMARTS) is 1. The maximum absolute atomic E-state index is 12.2. The number of carbonyl (C=O) groups is 2. The average Bonchev–Trinajstić information content (AvgIpc) is 2.90. The van der Waals surface area contributed by atoms with E-state index in [-0.39, 0.29) is 24.4 Å². The van der Waals surface area contributed by atoms with Crippen LogP contribution in [-0.4, -0.2) is 55.5 Å². The molecule has 1 aliphatic rings. The fourth-order valence-electron chi connectivity index (χ4n) is 2.44. The number of benzene rings is 1. The predicted molar refractivity (Wildman–Crippen MR) is 77.4 cm³/mol. The Morgan fingerprint density at radius 1 is 1.32 bits per heavy atom. The average molecular weight is 327 g/mol. The van der Waals surface area contributed by atoms with E-state index in [1.165, 1.54) is 12.1 Å². The highest BCUT2D eigenvalue weighted by Crippen LogP contribution is 2.20. The molecule has 9 heteroatoms. The van der Waals surface area contributed by atoms with Crippen molar-refractivity contribution in [3.63, 3.8) is 0 Å². The van der Waals surface area contributed by atoms with E-state index in [1.54, 1.807) is 18.2 Å². The van der Waals surface area contributed by atoms with Crippen LogP contribution >= 0.6 is 0 Å². The molecule has 0 bridgehead atoms. The summed E-state index contributed by atoms with van der Waals surface area (Å²) in [4.78, 5) is 24.1. The highest BCUT2D eigenvalue weighted by Gasteiger charge is 2.40. The Bertz CT molecular complexity index is 662. The van der Waals surface area contributed by atoms with E-state index in [0.717, 1.165) is 4.90 Å². The van der Waals surface area contributed by atoms with Crippen LogP contribution < -0.4 is 10.5 Å². The Morgan fingerprint density at radius 2 is 1.95 bits per heavy atom. The second-order valence-corrected chi connectivity index (χ2v) is 6.69. The van der Waals surface area contributed by atoms with Gasteiger partial charge in [0.25, 0.3) is 0 Å². The number of carbonyl (C=O) groups excluding carboxylic acids is 1. The number of rotatable bonds is 5. The number of nitrogens with two attached hydrogens (primary N) is 1. The van der Waals surface area contributed by atoms with Gasteiger partial charge < -0.3 is 15.7 Å². The molecule has 4 N–H and O–H groups in total. The summed E-state index contributed by atoms with van der Waals surface area (Å²) in [6, 6.07) is 6.02. The molecule has 0 spiro atoms. The molecule has 22 heavy (non-hydrogen) atoms. The minimum Gasteiger partial charge on any atom is -0.480 e. The molecule has 1 aromatic carbocycles. The lowest BCUT2D eigenvalue weighted by atomic mass is 10.2. The highest BCUT2D eigenvalue weighted by molar-refractivity contribution is 7.89. The van der Waals surface area contributed by atoms with E-state index in [9.17, 15) is 18.0 Å². The fraction of sp³-hybridized carbons (Fsp3) is 0.385. The second kappa shape index (κ2) is 6.42. The van der Waals surface area contributed by atoms with Crippen molar-refractivity contribution in [3.8, 4) is 0 Å². The molecule has 1 heterocycles. The summed E-state index contributed by atoms with van der Waals surface area (Å²) >= 11 is 0. The number of likely N-dealkylation sites (tertiary alicyclic amines) is 1. The molecule has 0 radical (unpaired) electrons. The zero-order chi connectivity index (χ0) is 16.3. The Morgan fingerprint density at radius 3 is 2.50 bits per heavy atom. The van der Waals surface area contributed by atoms with Crippen molar-refractivity contribution in [1.29, 1.82) is 0 Å². The van der Waals surface area contributed by atoms with Gasteiger partial charge in [0.1, 0.15) is 6.04 Å². The molecule has 1 amide bonds. The van der Waals surface area contributed by atoms with Crippen LogP contribution in [0.4, 0.5) is 0 Å². The van der Waals surface area contributed by atoms with Crippen LogP contribution in [0.3, 0.4) is 0 Å². The van der Waals surface area contributed by atoms with Crippen molar-refractivity contribution in [3.05, 3.63) is 30.3 Å². The summed E-state index contributed by atoms with van der Waals surface area (Å²) in [5.41, 5.74) is 5.26. The van der Waals surface area contributed by atoms with Crippen molar-refractivity contribution in [2.24, 2.45) is 5.73 Å². The Hall–Kier alpha value is -1.97. The molecule has 0 aromatic heterocycles. The lowest BCUT2D eigenvalue weighted by Gasteiger charge is -2.20. The molecule has 1 fully saturated rings. The topological polar surface area (TPSA) is 130 Å². The number of aliphatic carboxylic acids is 1. The lowest BCUT2D eigenvalue weighted by molar-refractivity contribution is -0.147. The van der Waals surface area contributed by atoms with Gasteiger partial charge in [0.2, 0.25) is 15.9 Å². The molecule has 120 valence electrons. The van der Waals surface area contributed by atoms with E-state index >= 15 is 0 Å². The maximum Gasteiger partial charge on any atom is 0.326 e. The molecule has 0 aliphatic carbocycles. The monoisotopic (exact) mass is 327 g/mol. The van der Waals surface area contributed by atoms with Crippen LogP contribution in [0.15, 0.2) is 35.2 Å². The zero-order valence-electron chi connectivity index (χ0n) is 11.7. The zero-order valence-corrected chi connectivity index (χ0v) is 12.5. The lowest BCUT2D eigenvalue weighted by Crippen LogP contribution is -2.44. The van der Waals surface area contributed by atoms with Crippen molar-refractivity contribution >= 4 is 21.9 Å². The molecule has 1 aromatic rings. The molecular formula is C13H17N3O5S. The highest BCUT2D eigenvalue weighted by atomic mass is 32.2. The van der Waals surface area contributed by atoms with Gasteiger partial charge in [-0.05, 0) is 18.6 Å². The Balaban J connectivity index is 2.15. The summed E-state index contributed by atoms with van der Waals surface area (Å²) in [7, 11) is -3.76. The Labute approximate surface area is 128 Å². The van der Waals surface area contributed by atoms with E-state index in [0.29, 0.717) is 0 Å². The fourth-order valence-corrected chi connectivity index (χ4v) is 3.70. The molecule has 2 atom stereocenters. The van der Waals surface area contributed by atoms with Gasteiger partial charge in [-0.1, -0.05) is 18.2 Å². The SMILES string of the molecule is NCC(=O)N1C[C@H](NS(=O)(=O)c2ccccc2)CC1C(=O)O. The van der Waals surface area contributed by atoms with Gasteiger partial charge in [-0.2, -0.15) is 0 Å². The summed E-state index contributed by atoms with van der Waals surface area (Å²) in [5, 5.41) is 9.15. The third kappa shape index (κ3) is 3.43. The van der Waals surface area contributed by atoms with Crippen molar-refractivity contribution in [1.82, 2.24) is 9.62 Å². The van der Waals surface area contributed by atoms with Gasteiger partial charge >= 0.3 is 5.97 Å². The molecule has 2 rings (SSSR count). The first-order valence-corrected chi connectivity index (χ1v) is 8.13. The van der Waals surface area contributed by atoms with E-state index in [2.05, 4.69) is 4.72 Å². The summed E-state index contributed by atoms with van der Waals surface area (Å²) < 4.78 is 26.9. The van der Waals surface area contributed by atoms with E-state index in [1.807, 2.05) is 0 Å². The number of amides is 1. The first kappa shape index (κ1) is 16.4. The molecule has 1 aliphatic heterocycles. The first-order valence-electron chi connectivity index (χ1n) is 6.65. The van der Waals surface area contributed by atoms with Crippen LogP contribution in [-0.2, 0) is 19.6 Å². The van der Waals surface area contributed by atoms with Crippen molar-refractivity contribution < 1.29 is 23.1 Å². The maximum atomic E-state index is 12.2. The standard InChI is InChI=1S/C13H17N3O5S/c14-7-12(17)16-8-9(6-11(16)13(18)19)15-22(20,21)10-4-2-1-3-5-10/h1-5,9,11,15H,6-8,14H2,(H,18,19)/t9-,11?/m1/s1. The smallest absolute Gasteiger partial charge is 0.326 e. The van der Waals surface area contributed by atoms with Crippen LogP contribution in [0.1, 0.15) is 6.42 Å². The number of hydrogen-bond acceptors (Lipinski definition) is 5. The third-order valence-corrected chi connectivity index (χ3v) is 4.99. The summed E-state index contributed by atoms with van der Waals surface area (Å²) in [5.74, 6) is -1.70. The predicted octanol–water partition coefficient (Wildman–Crippen LogP) is -1.02. The van der Waals surface area contributed by atoms with E-state index < -0.39 is 34.0 Å². The van der Waals surface area contributed by atoms with Crippen molar-refractivity contribution in [2.75, 3.05) is 13.1 Å². The van der Waals surface area contributed by atoms with E-state index in [4.69, 9.17) is 10.8 Å². The van der Waals surface area contributed by atoms with Crippen LogP contribution in [0, 0.1) is 0 Å². The number of hydrogen-bond donors (Lipinski definition) is 3. The summed E-state index contributed by atoms with van der Waals surface area (Å²) in [6.07, 6.45) is 0.00708. The van der Waals surface area contributed by atoms with Gasteiger partial charge in [0, 0.05) is 12.6 Å². The third-order valence-electron chi connectivity index (χ3n) is 3.46. The summed E-state index contributed by atoms with van der Waals surface area (Å²) in [6.45, 7) is -0.332. The van der Waals surface area contributed by atoms with Crippen LogP contribution in [0.25, 0.3) is 0 Å². The van der Waals surface area contributed by atoms with Gasteiger partial charge in [-0.3, -0.25) is 4.79 Å². The molecule has 0 saturated carbocycles. The molecular weight excluding hydrogens is 310 g/mol. The Kier molecular flexibility index (Phi) is 4.79. The van der Waals surface area contributed by atoms with Gasteiger partial charge in [0.15, 0.2) is 0 Å². The van der Waals surface area contributed by atoms with Gasteiger partial charge in [0.05, 0.1) is 11.4 Å². The number of sulfonamides is 1. The van der Waals surface area contributed by atoms with Crippen molar-refractivity contribution in [2.45, 2.75) is 23.4 Å². The minimum atomic E-state index is -3.76. The van der Waals surface area contributed by atoms with Gasteiger partial charge in [-0.15, -0.1) is 0 Å². The largest absolute Gasteiger partial charge is 0.480 e. The molecule has 8 nitrogen and oxygen atoms in total. The van der Waals surface area contributed by atoms with Gasteiger partial charge in [-0.25, -0.2) is 17.9 Å². The quantitative estimate of drug-likeness (QED) is 0.634.